The molecule has 3 aromatic rings. The Hall–Kier alpha value is -2.46. The zero-order valence-electron chi connectivity index (χ0n) is 11.8. The predicted octanol–water partition coefficient (Wildman–Crippen LogP) is 4.99. The summed E-state index contributed by atoms with van der Waals surface area (Å²) in [6.07, 6.45) is 0. The number of halogens is 2. The largest absolute Gasteiger partial charge is 0.340 e. The van der Waals surface area contributed by atoms with Crippen LogP contribution in [0.5, 0.6) is 0 Å². The van der Waals surface area contributed by atoms with Crippen molar-refractivity contribution in [3.05, 3.63) is 71.1 Å². The Balaban J connectivity index is 1.98. The number of hydrogen-bond acceptors (Lipinski definition) is 3. The Labute approximate surface area is 132 Å². The van der Waals surface area contributed by atoms with Gasteiger partial charge < -0.3 is 5.32 Å². The molecule has 3 rings (SSSR count). The molecule has 22 heavy (non-hydrogen) atoms. The Morgan fingerprint density at radius 1 is 1.00 bits per heavy atom. The quantitative estimate of drug-likeness (QED) is 0.692. The summed E-state index contributed by atoms with van der Waals surface area (Å²) < 4.78 is 13.3. The molecule has 0 aliphatic rings. The fourth-order valence-electron chi connectivity index (χ4n) is 2.09. The molecule has 0 bridgehead atoms. The Kier molecular flexibility index (Phi) is 4.02. The lowest BCUT2D eigenvalue weighted by molar-refractivity contribution is 0.628. The number of aryl methyl sites for hydroxylation is 1. The number of aromatic nitrogens is 2. The standard InChI is InChI=1S/C17H13ClFN3/c1-11-5-2-3-8-14(11)20-16-10-15(18)21-17(22-16)12-6-4-7-13(19)9-12/h2-10H,1H3,(H,20,21,22). The summed E-state index contributed by atoms with van der Waals surface area (Å²) in [7, 11) is 0. The van der Waals surface area contributed by atoms with Crippen molar-refractivity contribution >= 4 is 23.1 Å². The molecule has 110 valence electrons. The number of anilines is 2. The molecule has 0 saturated carbocycles. The fraction of sp³-hybridized carbons (Fsp3) is 0.0588. The second-order valence-electron chi connectivity index (χ2n) is 4.85. The van der Waals surface area contributed by atoms with E-state index >= 15 is 0 Å². The van der Waals surface area contributed by atoms with Crippen LogP contribution in [-0.2, 0) is 0 Å². The summed E-state index contributed by atoms with van der Waals surface area (Å²) in [4.78, 5) is 8.56. The maximum absolute atomic E-state index is 13.3. The van der Waals surface area contributed by atoms with Crippen LogP contribution in [0, 0.1) is 12.7 Å². The first-order valence-electron chi connectivity index (χ1n) is 6.75. The van der Waals surface area contributed by atoms with Crippen LogP contribution in [0.15, 0.2) is 54.6 Å². The zero-order chi connectivity index (χ0) is 15.5. The van der Waals surface area contributed by atoms with Crippen molar-refractivity contribution in [1.29, 1.82) is 0 Å². The number of nitrogens with zero attached hydrogens (tertiary/aromatic N) is 2. The maximum Gasteiger partial charge on any atom is 0.163 e. The smallest absolute Gasteiger partial charge is 0.163 e. The van der Waals surface area contributed by atoms with Crippen molar-refractivity contribution < 1.29 is 4.39 Å². The molecule has 0 aliphatic carbocycles. The average Bonchev–Trinajstić information content (AvgIpc) is 2.49. The molecule has 0 radical (unpaired) electrons. The van der Waals surface area contributed by atoms with E-state index in [1.807, 2.05) is 31.2 Å². The number of benzene rings is 2. The van der Waals surface area contributed by atoms with E-state index in [1.165, 1.54) is 12.1 Å². The van der Waals surface area contributed by atoms with Gasteiger partial charge in [-0.25, -0.2) is 14.4 Å². The highest BCUT2D eigenvalue weighted by atomic mass is 35.5. The molecular formula is C17H13ClFN3. The van der Waals surface area contributed by atoms with Crippen molar-refractivity contribution in [2.45, 2.75) is 6.92 Å². The zero-order valence-corrected chi connectivity index (χ0v) is 12.6. The van der Waals surface area contributed by atoms with Crippen molar-refractivity contribution in [2.24, 2.45) is 0 Å². The molecule has 0 unspecified atom stereocenters. The Morgan fingerprint density at radius 3 is 2.59 bits per heavy atom. The summed E-state index contributed by atoms with van der Waals surface area (Å²) >= 11 is 6.06. The molecule has 1 N–H and O–H groups in total. The SMILES string of the molecule is Cc1ccccc1Nc1cc(Cl)nc(-c2cccc(F)c2)n1. The van der Waals surface area contributed by atoms with Gasteiger partial charge in [-0.05, 0) is 30.7 Å². The van der Waals surface area contributed by atoms with E-state index in [1.54, 1.807) is 18.2 Å². The minimum Gasteiger partial charge on any atom is -0.340 e. The third kappa shape index (κ3) is 3.23. The van der Waals surface area contributed by atoms with Gasteiger partial charge >= 0.3 is 0 Å². The molecule has 5 heteroatoms. The summed E-state index contributed by atoms with van der Waals surface area (Å²) in [5.41, 5.74) is 2.60. The molecule has 0 amide bonds. The fourth-order valence-corrected chi connectivity index (χ4v) is 2.27. The number of hydrogen-bond donors (Lipinski definition) is 1. The maximum atomic E-state index is 13.3. The third-order valence-electron chi connectivity index (χ3n) is 3.19. The van der Waals surface area contributed by atoms with Crippen LogP contribution in [0.4, 0.5) is 15.9 Å². The molecule has 2 aromatic carbocycles. The number of nitrogens with one attached hydrogen (secondary N) is 1. The normalized spacial score (nSPS) is 10.5. The van der Waals surface area contributed by atoms with Crippen molar-refractivity contribution in [1.82, 2.24) is 9.97 Å². The van der Waals surface area contributed by atoms with Gasteiger partial charge in [0.15, 0.2) is 5.82 Å². The minimum atomic E-state index is -0.338. The van der Waals surface area contributed by atoms with Crippen LogP contribution in [0.25, 0.3) is 11.4 Å². The molecule has 0 atom stereocenters. The van der Waals surface area contributed by atoms with E-state index in [4.69, 9.17) is 11.6 Å². The first kappa shape index (κ1) is 14.5. The van der Waals surface area contributed by atoms with Crippen LogP contribution >= 0.6 is 11.6 Å². The van der Waals surface area contributed by atoms with Crippen molar-refractivity contribution in [3.63, 3.8) is 0 Å². The predicted molar refractivity (Wildman–Crippen MR) is 86.9 cm³/mol. The molecule has 1 heterocycles. The van der Waals surface area contributed by atoms with Gasteiger partial charge in [-0.1, -0.05) is 41.9 Å². The second-order valence-corrected chi connectivity index (χ2v) is 5.24. The molecule has 0 spiro atoms. The van der Waals surface area contributed by atoms with Crippen LogP contribution < -0.4 is 5.32 Å². The van der Waals surface area contributed by atoms with Gasteiger partial charge in [-0.15, -0.1) is 0 Å². The molecule has 0 fully saturated rings. The van der Waals surface area contributed by atoms with E-state index in [2.05, 4.69) is 15.3 Å². The Morgan fingerprint density at radius 2 is 1.82 bits per heavy atom. The van der Waals surface area contributed by atoms with E-state index in [-0.39, 0.29) is 5.82 Å². The molecule has 0 aliphatic heterocycles. The van der Waals surface area contributed by atoms with E-state index in [9.17, 15) is 4.39 Å². The summed E-state index contributed by atoms with van der Waals surface area (Å²) in [6, 6.07) is 15.6. The van der Waals surface area contributed by atoms with Gasteiger partial charge in [0.05, 0.1) is 0 Å². The van der Waals surface area contributed by atoms with Crippen LogP contribution in [0.3, 0.4) is 0 Å². The van der Waals surface area contributed by atoms with Crippen LogP contribution in [0.1, 0.15) is 5.56 Å². The highest BCUT2D eigenvalue weighted by molar-refractivity contribution is 6.29. The van der Waals surface area contributed by atoms with Crippen LogP contribution in [-0.4, -0.2) is 9.97 Å². The highest BCUT2D eigenvalue weighted by Crippen LogP contribution is 2.24. The third-order valence-corrected chi connectivity index (χ3v) is 3.38. The summed E-state index contributed by atoms with van der Waals surface area (Å²) in [5.74, 6) is 0.603. The lowest BCUT2D eigenvalue weighted by atomic mass is 10.2. The first-order valence-corrected chi connectivity index (χ1v) is 7.13. The molecule has 3 nitrogen and oxygen atoms in total. The molecular weight excluding hydrogens is 301 g/mol. The van der Waals surface area contributed by atoms with Crippen molar-refractivity contribution in [3.8, 4) is 11.4 Å². The number of rotatable bonds is 3. The van der Waals surface area contributed by atoms with E-state index in [0.717, 1.165) is 11.3 Å². The first-order chi connectivity index (χ1) is 10.6. The van der Waals surface area contributed by atoms with Gasteiger partial charge in [0, 0.05) is 17.3 Å². The van der Waals surface area contributed by atoms with Crippen molar-refractivity contribution in [2.75, 3.05) is 5.32 Å². The summed E-state index contributed by atoms with van der Waals surface area (Å²) in [5, 5.41) is 3.51. The van der Waals surface area contributed by atoms with Gasteiger partial charge in [0.2, 0.25) is 0 Å². The topological polar surface area (TPSA) is 37.8 Å². The minimum absolute atomic E-state index is 0.297. The van der Waals surface area contributed by atoms with E-state index in [0.29, 0.717) is 22.4 Å². The molecule has 1 aromatic heterocycles. The monoisotopic (exact) mass is 313 g/mol. The Bertz CT molecular complexity index is 821. The van der Waals surface area contributed by atoms with E-state index < -0.39 is 0 Å². The average molecular weight is 314 g/mol. The molecule has 0 saturated heterocycles. The lowest BCUT2D eigenvalue weighted by Crippen LogP contribution is -1.99. The second kappa shape index (κ2) is 6.12. The number of para-hydroxylation sites is 1. The summed E-state index contributed by atoms with van der Waals surface area (Å²) in [6.45, 7) is 2.00. The highest BCUT2D eigenvalue weighted by Gasteiger charge is 2.08. The van der Waals surface area contributed by atoms with Gasteiger partial charge in [-0.3, -0.25) is 0 Å². The lowest BCUT2D eigenvalue weighted by Gasteiger charge is -2.10. The van der Waals surface area contributed by atoms with Gasteiger partial charge in [-0.2, -0.15) is 0 Å². The van der Waals surface area contributed by atoms with Gasteiger partial charge in [0.1, 0.15) is 16.8 Å². The van der Waals surface area contributed by atoms with Crippen LogP contribution in [0.2, 0.25) is 5.15 Å². The van der Waals surface area contributed by atoms with Gasteiger partial charge in [0.25, 0.3) is 0 Å².